The highest BCUT2D eigenvalue weighted by Gasteiger charge is 2.20. The Morgan fingerprint density at radius 1 is 1.04 bits per heavy atom. The van der Waals surface area contributed by atoms with E-state index in [2.05, 4.69) is 27.7 Å². The number of nitrogens with one attached hydrogen (secondary N) is 2. The molecule has 0 aromatic heterocycles. The van der Waals surface area contributed by atoms with Crippen molar-refractivity contribution in [1.29, 1.82) is 0 Å². The molecule has 5 heteroatoms. The standard InChI is InChI=1S/C18H29N3O2/c1-18(2,3)17(23)20-13-11-16(22)19-12-8-14-21(4)15-9-6-5-7-10-15/h5-7,9-10H,8,11-14H2,1-4H3,(H,19,22)(H,20,23). The van der Waals surface area contributed by atoms with E-state index >= 15 is 0 Å². The maximum atomic E-state index is 11.7. The number of rotatable bonds is 8. The second-order valence-electron chi connectivity index (χ2n) is 6.72. The Morgan fingerprint density at radius 3 is 2.30 bits per heavy atom. The first-order valence-electron chi connectivity index (χ1n) is 8.12. The van der Waals surface area contributed by atoms with Crippen LogP contribution in [0.15, 0.2) is 30.3 Å². The lowest BCUT2D eigenvalue weighted by atomic mass is 9.96. The molecule has 5 nitrogen and oxygen atoms in total. The third kappa shape index (κ3) is 7.68. The van der Waals surface area contributed by atoms with Gasteiger partial charge in [-0.3, -0.25) is 9.59 Å². The van der Waals surface area contributed by atoms with Gasteiger partial charge in [0.25, 0.3) is 0 Å². The molecule has 0 bridgehead atoms. The van der Waals surface area contributed by atoms with E-state index in [1.807, 2.05) is 46.0 Å². The van der Waals surface area contributed by atoms with Crippen LogP contribution in [0.2, 0.25) is 0 Å². The van der Waals surface area contributed by atoms with Crippen LogP contribution < -0.4 is 15.5 Å². The molecule has 2 amide bonds. The molecule has 0 unspecified atom stereocenters. The Morgan fingerprint density at radius 2 is 1.70 bits per heavy atom. The minimum absolute atomic E-state index is 0.0263. The molecule has 0 fully saturated rings. The quantitative estimate of drug-likeness (QED) is 0.722. The van der Waals surface area contributed by atoms with Crippen molar-refractivity contribution in [2.75, 3.05) is 31.6 Å². The lowest BCUT2D eigenvalue weighted by Crippen LogP contribution is -2.37. The van der Waals surface area contributed by atoms with Gasteiger partial charge in [0.05, 0.1) is 0 Å². The first-order chi connectivity index (χ1) is 10.8. The van der Waals surface area contributed by atoms with Crippen molar-refractivity contribution in [2.24, 2.45) is 5.41 Å². The van der Waals surface area contributed by atoms with E-state index < -0.39 is 5.41 Å². The highest BCUT2D eigenvalue weighted by Crippen LogP contribution is 2.12. The smallest absolute Gasteiger partial charge is 0.225 e. The van der Waals surface area contributed by atoms with Gasteiger partial charge in [0.15, 0.2) is 0 Å². The number of nitrogens with zero attached hydrogens (tertiary/aromatic N) is 1. The van der Waals surface area contributed by atoms with Crippen molar-refractivity contribution in [3.05, 3.63) is 30.3 Å². The monoisotopic (exact) mass is 319 g/mol. The zero-order chi connectivity index (χ0) is 17.3. The Bertz CT molecular complexity index is 495. The molecule has 0 radical (unpaired) electrons. The molecule has 0 aliphatic carbocycles. The highest BCUT2D eigenvalue weighted by molar-refractivity contribution is 5.82. The van der Waals surface area contributed by atoms with Crippen molar-refractivity contribution in [3.63, 3.8) is 0 Å². The van der Waals surface area contributed by atoms with Gasteiger partial charge < -0.3 is 15.5 Å². The number of para-hydroxylation sites is 1. The Hall–Kier alpha value is -2.04. The maximum Gasteiger partial charge on any atom is 0.225 e. The predicted octanol–water partition coefficient (Wildman–Crippen LogP) is 2.18. The van der Waals surface area contributed by atoms with E-state index in [0.29, 0.717) is 19.5 Å². The minimum Gasteiger partial charge on any atom is -0.375 e. The lowest BCUT2D eigenvalue weighted by Gasteiger charge is -2.19. The van der Waals surface area contributed by atoms with Crippen LogP contribution in [0.5, 0.6) is 0 Å². The summed E-state index contributed by atoms with van der Waals surface area (Å²) in [5.74, 6) is -0.0589. The average Bonchev–Trinajstić information content (AvgIpc) is 2.51. The number of hydrogen-bond acceptors (Lipinski definition) is 3. The van der Waals surface area contributed by atoms with Gasteiger partial charge in [-0.25, -0.2) is 0 Å². The summed E-state index contributed by atoms with van der Waals surface area (Å²) in [6.07, 6.45) is 1.20. The van der Waals surface area contributed by atoms with E-state index in [1.165, 1.54) is 5.69 Å². The van der Waals surface area contributed by atoms with Crippen LogP contribution in [-0.2, 0) is 9.59 Å². The number of carbonyl (C=O) groups is 2. The molecule has 1 rings (SSSR count). The van der Waals surface area contributed by atoms with Gasteiger partial charge in [-0.1, -0.05) is 39.0 Å². The van der Waals surface area contributed by atoms with Crippen LogP contribution in [0.25, 0.3) is 0 Å². The molecule has 128 valence electrons. The van der Waals surface area contributed by atoms with Crippen molar-refractivity contribution in [3.8, 4) is 0 Å². The Labute approximate surface area is 139 Å². The van der Waals surface area contributed by atoms with E-state index in [9.17, 15) is 9.59 Å². The van der Waals surface area contributed by atoms with Gasteiger partial charge in [0.2, 0.25) is 11.8 Å². The minimum atomic E-state index is -0.418. The molecule has 2 N–H and O–H groups in total. The van der Waals surface area contributed by atoms with Crippen LogP contribution in [0.3, 0.4) is 0 Å². The zero-order valence-electron chi connectivity index (χ0n) is 14.7. The summed E-state index contributed by atoms with van der Waals surface area (Å²) >= 11 is 0. The normalized spacial score (nSPS) is 11.0. The van der Waals surface area contributed by atoms with Crippen molar-refractivity contribution in [2.45, 2.75) is 33.6 Å². The maximum absolute atomic E-state index is 11.7. The van der Waals surface area contributed by atoms with E-state index in [4.69, 9.17) is 0 Å². The second-order valence-corrected chi connectivity index (χ2v) is 6.72. The largest absolute Gasteiger partial charge is 0.375 e. The van der Waals surface area contributed by atoms with E-state index in [1.54, 1.807) is 0 Å². The molecule has 0 aliphatic heterocycles. The molecular weight excluding hydrogens is 290 g/mol. The topological polar surface area (TPSA) is 61.4 Å². The van der Waals surface area contributed by atoms with Gasteiger partial charge in [0.1, 0.15) is 0 Å². The second kappa shape index (κ2) is 9.18. The van der Waals surface area contributed by atoms with Crippen molar-refractivity contribution in [1.82, 2.24) is 10.6 Å². The zero-order valence-corrected chi connectivity index (χ0v) is 14.7. The summed E-state index contributed by atoms with van der Waals surface area (Å²) in [6, 6.07) is 10.2. The lowest BCUT2D eigenvalue weighted by molar-refractivity contribution is -0.128. The molecular formula is C18H29N3O2. The van der Waals surface area contributed by atoms with E-state index in [-0.39, 0.29) is 11.8 Å². The molecule has 0 saturated heterocycles. The number of benzene rings is 1. The molecule has 0 saturated carbocycles. The Balaban J connectivity index is 2.12. The van der Waals surface area contributed by atoms with Crippen molar-refractivity contribution >= 4 is 17.5 Å². The first kappa shape index (κ1) is 19.0. The van der Waals surface area contributed by atoms with Crippen LogP contribution in [-0.4, -0.2) is 38.5 Å². The van der Waals surface area contributed by atoms with Crippen LogP contribution >= 0.6 is 0 Å². The van der Waals surface area contributed by atoms with Gasteiger partial charge in [-0.15, -0.1) is 0 Å². The van der Waals surface area contributed by atoms with Crippen molar-refractivity contribution < 1.29 is 9.59 Å². The fourth-order valence-electron chi connectivity index (χ4n) is 2.00. The predicted molar refractivity (Wildman–Crippen MR) is 94.4 cm³/mol. The molecule has 1 aromatic carbocycles. The fraction of sp³-hybridized carbons (Fsp3) is 0.556. The average molecular weight is 319 g/mol. The van der Waals surface area contributed by atoms with Gasteiger partial charge in [-0.2, -0.15) is 0 Å². The number of amides is 2. The van der Waals surface area contributed by atoms with Gasteiger partial charge >= 0.3 is 0 Å². The van der Waals surface area contributed by atoms with Gasteiger partial charge in [0, 0.05) is 44.2 Å². The number of anilines is 1. The summed E-state index contributed by atoms with van der Waals surface area (Å²) in [5, 5.41) is 5.66. The number of hydrogen-bond donors (Lipinski definition) is 2. The third-order valence-electron chi connectivity index (χ3n) is 3.51. The summed E-state index contributed by atoms with van der Waals surface area (Å²) in [5.41, 5.74) is 0.752. The third-order valence-corrected chi connectivity index (χ3v) is 3.51. The summed E-state index contributed by atoms with van der Waals surface area (Å²) in [6.45, 7) is 7.46. The molecule has 23 heavy (non-hydrogen) atoms. The molecule has 0 heterocycles. The summed E-state index contributed by atoms with van der Waals surface area (Å²) in [4.78, 5) is 25.5. The summed E-state index contributed by atoms with van der Waals surface area (Å²) in [7, 11) is 2.04. The van der Waals surface area contributed by atoms with E-state index in [0.717, 1.165) is 13.0 Å². The van der Waals surface area contributed by atoms with Crippen LogP contribution in [0, 0.1) is 5.41 Å². The first-order valence-corrected chi connectivity index (χ1v) is 8.12. The molecule has 0 atom stereocenters. The molecule has 0 spiro atoms. The Kier molecular flexibility index (Phi) is 7.59. The molecule has 1 aromatic rings. The molecule has 0 aliphatic rings. The number of carbonyl (C=O) groups excluding carboxylic acids is 2. The summed E-state index contributed by atoms with van der Waals surface area (Å²) < 4.78 is 0. The van der Waals surface area contributed by atoms with Gasteiger partial charge in [-0.05, 0) is 18.6 Å². The highest BCUT2D eigenvalue weighted by atomic mass is 16.2. The van der Waals surface area contributed by atoms with Crippen LogP contribution in [0.4, 0.5) is 5.69 Å². The fourth-order valence-corrected chi connectivity index (χ4v) is 2.00. The SMILES string of the molecule is CN(CCCNC(=O)CCNC(=O)C(C)(C)C)c1ccccc1. The van der Waals surface area contributed by atoms with Crippen LogP contribution in [0.1, 0.15) is 33.6 Å².